The highest BCUT2D eigenvalue weighted by Gasteiger charge is 2.22. The summed E-state index contributed by atoms with van der Waals surface area (Å²) in [6, 6.07) is 2.42. The molecule has 3 aromatic rings. The summed E-state index contributed by atoms with van der Waals surface area (Å²) in [7, 11) is 5.92. The average Bonchev–Trinajstić information content (AvgIpc) is 3.29. The molecule has 0 bridgehead atoms. The van der Waals surface area contributed by atoms with Crippen LogP contribution in [-0.4, -0.2) is 66.7 Å². The maximum atomic E-state index is 13.0. The first kappa shape index (κ1) is 28.5. The first-order chi connectivity index (χ1) is 18.2. The lowest BCUT2D eigenvalue weighted by Gasteiger charge is -2.20. The van der Waals surface area contributed by atoms with Gasteiger partial charge in [0.2, 0.25) is 5.91 Å². The summed E-state index contributed by atoms with van der Waals surface area (Å²) in [5, 5.41) is 13.0. The molecule has 3 N–H and O–H groups in total. The van der Waals surface area contributed by atoms with Crippen molar-refractivity contribution in [2.75, 3.05) is 55.8 Å². The summed E-state index contributed by atoms with van der Waals surface area (Å²) >= 11 is 12.7. The molecule has 0 saturated heterocycles. The number of ether oxygens (including phenoxy) is 3. The van der Waals surface area contributed by atoms with Crippen LogP contribution in [0.4, 0.5) is 33.6 Å². The first-order valence-corrected chi connectivity index (χ1v) is 11.7. The van der Waals surface area contributed by atoms with Crippen molar-refractivity contribution < 1.29 is 23.8 Å². The van der Waals surface area contributed by atoms with Crippen LogP contribution in [0.3, 0.4) is 0 Å². The minimum Gasteiger partial charge on any atom is -0.495 e. The van der Waals surface area contributed by atoms with E-state index in [4.69, 9.17) is 37.4 Å². The Kier molecular flexibility index (Phi) is 9.71. The fourth-order valence-corrected chi connectivity index (χ4v) is 3.69. The Morgan fingerprint density at radius 2 is 1.79 bits per heavy atom. The van der Waals surface area contributed by atoms with Crippen LogP contribution in [0.25, 0.3) is 0 Å². The molecular weight excluding hydrogens is 539 g/mol. The van der Waals surface area contributed by atoms with Crippen LogP contribution < -0.4 is 30.3 Å². The second-order valence-corrected chi connectivity index (χ2v) is 8.26. The second kappa shape index (κ2) is 12.9. The second-order valence-electron chi connectivity index (χ2n) is 7.50. The van der Waals surface area contributed by atoms with Crippen molar-refractivity contribution in [3.05, 3.63) is 47.4 Å². The summed E-state index contributed by atoms with van der Waals surface area (Å²) in [5.74, 6) is 0.977. The van der Waals surface area contributed by atoms with Gasteiger partial charge in [-0.2, -0.15) is 5.10 Å². The summed E-state index contributed by atoms with van der Waals surface area (Å²) in [6.45, 7) is 4.33. The van der Waals surface area contributed by atoms with Crippen LogP contribution >= 0.6 is 23.2 Å². The van der Waals surface area contributed by atoms with E-state index in [9.17, 15) is 9.59 Å². The van der Waals surface area contributed by atoms with E-state index in [1.165, 1.54) is 44.6 Å². The van der Waals surface area contributed by atoms with E-state index in [1.54, 1.807) is 18.0 Å². The van der Waals surface area contributed by atoms with E-state index in [0.29, 0.717) is 30.5 Å². The number of hydrogen-bond acceptors (Lipinski definition) is 9. The van der Waals surface area contributed by atoms with Crippen LogP contribution in [0.5, 0.6) is 11.5 Å². The van der Waals surface area contributed by atoms with Gasteiger partial charge in [-0.3, -0.25) is 14.4 Å². The zero-order chi connectivity index (χ0) is 27.8. The lowest BCUT2D eigenvalue weighted by Crippen LogP contribution is -2.32. The van der Waals surface area contributed by atoms with Crippen molar-refractivity contribution in [2.45, 2.75) is 6.54 Å². The molecule has 2 aromatic heterocycles. The van der Waals surface area contributed by atoms with Crippen LogP contribution in [0.1, 0.15) is 0 Å². The summed E-state index contributed by atoms with van der Waals surface area (Å²) in [6.07, 6.45) is 4.04. The smallest absolute Gasteiger partial charge is 0.327 e. The number of carbonyl (C=O) groups is 2. The number of methoxy groups -OCH3 is 3. The molecule has 0 aliphatic heterocycles. The number of nitrogens with one attached hydrogen (secondary N) is 3. The van der Waals surface area contributed by atoms with Crippen LogP contribution in [0.2, 0.25) is 10.0 Å². The molecule has 0 unspecified atom stereocenters. The lowest BCUT2D eigenvalue weighted by molar-refractivity contribution is -0.111. The van der Waals surface area contributed by atoms with Crippen LogP contribution in [-0.2, 0) is 16.1 Å². The molecule has 0 aliphatic rings. The number of rotatable bonds is 11. The Balaban J connectivity index is 1.84. The highest BCUT2D eigenvalue weighted by Crippen LogP contribution is 2.44. The van der Waals surface area contributed by atoms with Gasteiger partial charge >= 0.3 is 6.03 Å². The molecule has 202 valence electrons. The Morgan fingerprint density at radius 3 is 2.39 bits per heavy atom. The van der Waals surface area contributed by atoms with Gasteiger partial charge in [-0.25, -0.2) is 14.8 Å². The lowest BCUT2D eigenvalue weighted by atomic mass is 10.2. The maximum Gasteiger partial charge on any atom is 0.327 e. The zero-order valence-electron chi connectivity index (χ0n) is 21.0. The molecule has 0 aliphatic carbocycles. The molecule has 13 nitrogen and oxygen atoms in total. The molecule has 15 heteroatoms. The highest BCUT2D eigenvalue weighted by molar-refractivity contribution is 6.41. The van der Waals surface area contributed by atoms with Gasteiger partial charge in [-0.15, -0.1) is 0 Å². The topological polar surface area (TPSA) is 145 Å². The summed E-state index contributed by atoms with van der Waals surface area (Å²) in [5.41, 5.74) is 0.506. The molecule has 3 amide bonds. The Morgan fingerprint density at radius 1 is 1.11 bits per heavy atom. The largest absolute Gasteiger partial charge is 0.495 e. The molecule has 0 radical (unpaired) electrons. The Labute approximate surface area is 228 Å². The van der Waals surface area contributed by atoms with Crippen LogP contribution in [0, 0.1) is 0 Å². The van der Waals surface area contributed by atoms with E-state index in [2.05, 4.69) is 37.6 Å². The van der Waals surface area contributed by atoms with Gasteiger partial charge in [-0.1, -0.05) is 29.8 Å². The number of amides is 3. The van der Waals surface area contributed by atoms with Gasteiger partial charge in [0.1, 0.15) is 45.2 Å². The number of anilines is 5. The van der Waals surface area contributed by atoms with Crippen molar-refractivity contribution >= 4 is 64.0 Å². The third-order valence-electron chi connectivity index (χ3n) is 5.08. The molecular formula is C23H26Cl2N8O5. The van der Waals surface area contributed by atoms with Gasteiger partial charge in [0.05, 0.1) is 39.3 Å². The third-order valence-corrected chi connectivity index (χ3v) is 5.83. The predicted octanol–water partition coefficient (Wildman–Crippen LogP) is 4.18. The molecule has 1 aromatic carbocycles. The molecule has 38 heavy (non-hydrogen) atoms. The van der Waals surface area contributed by atoms with Gasteiger partial charge < -0.3 is 30.2 Å². The van der Waals surface area contributed by atoms with E-state index in [1.807, 2.05) is 0 Å². The number of carbonyl (C=O) groups excluding carboxylic acids is 2. The van der Waals surface area contributed by atoms with Crippen molar-refractivity contribution in [2.24, 2.45) is 0 Å². The standard InChI is InChI=1S/C23H26Cl2N8O5/c1-6-18(34)28-13-11-33(7-8-36-3)31-22(13)29-16-10-17(27-12-26-16)32(2)23(35)30-21-19(24)14(37-4)9-15(38-5)20(21)25/h6,9-12H,1,7-8H2,2-5H3,(H,28,34)(H,30,35)(H,26,27,29,31). The van der Waals surface area contributed by atoms with Crippen molar-refractivity contribution in [1.29, 1.82) is 0 Å². The SMILES string of the molecule is C=CC(=O)Nc1cn(CCOC)nc1Nc1cc(N(C)C(=O)Nc2c(Cl)c(OC)cc(OC)c2Cl)ncn1. The molecule has 0 saturated carbocycles. The van der Waals surface area contributed by atoms with Gasteiger partial charge in [-0.05, 0) is 6.08 Å². The molecule has 2 heterocycles. The first-order valence-electron chi connectivity index (χ1n) is 11.0. The van der Waals surface area contributed by atoms with Gasteiger partial charge in [0.25, 0.3) is 0 Å². The summed E-state index contributed by atoms with van der Waals surface area (Å²) < 4.78 is 17.2. The monoisotopic (exact) mass is 564 g/mol. The Bertz CT molecular complexity index is 1310. The maximum absolute atomic E-state index is 13.0. The van der Waals surface area contributed by atoms with E-state index >= 15 is 0 Å². The third kappa shape index (κ3) is 6.62. The number of benzene rings is 1. The normalized spacial score (nSPS) is 10.5. The zero-order valence-corrected chi connectivity index (χ0v) is 22.6. The minimum atomic E-state index is -0.600. The molecule has 0 atom stereocenters. The number of aromatic nitrogens is 4. The molecule has 3 rings (SSSR count). The number of nitrogens with zero attached hydrogens (tertiary/aromatic N) is 5. The van der Waals surface area contributed by atoms with Crippen molar-refractivity contribution in [3.63, 3.8) is 0 Å². The Hall–Kier alpha value is -4.07. The van der Waals surface area contributed by atoms with E-state index in [-0.39, 0.29) is 33.0 Å². The van der Waals surface area contributed by atoms with E-state index < -0.39 is 11.9 Å². The van der Waals surface area contributed by atoms with Gasteiger partial charge in [0.15, 0.2) is 5.82 Å². The summed E-state index contributed by atoms with van der Waals surface area (Å²) in [4.78, 5) is 34.5. The van der Waals surface area contributed by atoms with Gasteiger partial charge in [0, 0.05) is 26.3 Å². The molecule has 0 spiro atoms. The van der Waals surface area contributed by atoms with Crippen molar-refractivity contribution in [1.82, 2.24) is 19.7 Å². The highest BCUT2D eigenvalue weighted by atomic mass is 35.5. The molecule has 0 fully saturated rings. The van der Waals surface area contributed by atoms with Crippen molar-refractivity contribution in [3.8, 4) is 11.5 Å². The number of halogens is 2. The fourth-order valence-electron chi connectivity index (χ4n) is 3.10. The fraction of sp³-hybridized carbons (Fsp3) is 0.261. The minimum absolute atomic E-state index is 0.100. The van der Waals surface area contributed by atoms with E-state index in [0.717, 1.165) is 6.08 Å². The quantitative estimate of drug-likeness (QED) is 0.292. The average molecular weight is 565 g/mol. The predicted molar refractivity (Wildman–Crippen MR) is 145 cm³/mol. The van der Waals surface area contributed by atoms with Crippen LogP contribution in [0.15, 0.2) is 37.3 Å². The number of hydrogen-bond donors (Lipinski definition) is 3. The number of urea groups is 1.